The fourth-order valence-electron chi connectivity index (χ4n) is 7.44. The average molecular weight is 827 g/mol. The van der Waals surface area contributed by atoms with Crippen LogP contribution in [0.5, 0.6) is 17.2 Å². The van der Waals surface area contributed by atoms with E-state index in [2.05, 4.69) is 20.9 Å². The van der Waals surface area contributed by atoms with Crippen LogP contribution in [0.15, 0.2) is 59.3 Å². The number of piperidine rings is 1. The molecule has 4 aromatic rings. The van der Waals surface area contributed by atoms with E-state index in [-0.39, 0.29) is 36.3 Å². The molecule has 1 saturated carbocycles. The summed E-state index contributed by atoms with van der Waals surface area (Å²) in [6.07, 6.45) is 4.38. The second-order valence-electron chi connectivity index (χ2n) is 14.2. The maximum atomic E-state index is 13.0. The third-order valence-corrected chi connectivity index (χ3v) is 12.8. The zero-order valence-electron chi connectivity index (χ0n) is 31.2. The maximum Gasteiger partial charge on any atom is 0.349 e. The molecule has 1 atom stereocenters. The lowest BCUT2D eigenvalue weighted by Crippen LogP contribution is -2.52. The van der Waals surface area contributed by atoms with E-state index in [0.717, 1.165) is 62.9 Å². The number of aldehydes is 1. The Kier molecular flexibility index (Phi) is 13.6. The number of thiophene rings is 2. The third-order valence-electron chi connectivity index (χ3n) is 10.5. The van der Waals surface area contributed by atoms with Gasteiger partial charge in [-0.05, 0) is 79.2 Å². The summed E-state index contributed by atoms with van der Waals surface area (Å²) in [6.45, 7) is 3.29. The average Bonchev–Trinajstić information content (AvgIpc) is 3.93. The Bertz CT molecular complexity index is 1930. The Morgan fingerprint density at radius 1 is 1.16 bits per heavy atom. The highest BCUT2D eigenvalue weighted by atomic mass is 35.5. The number of nitrogens with one attached hydrogen (secondary N) is 3. The van der Waals surface area contributed by atoms with E-state index in [1.165, 1.54) is 34.8 Å². The number of phenols is 1. The number of carbonyl (C=O) groups excluding carboxylic acids is 3. The Morgan fingerprint density at radius 2 is 1.86 bits per heavy atom. The van der Waals surface area contributed by atoms with Crippen LogP contribution in [0.3, 0.4) is 0 Å². The largest absolute Gasteiger partial charge is 0.508 e. The molecule has 0 radical (unpaired) electrons. The molecule has 1 saturated heterocycles. The van der Waals surface area contributed by atoms with Crippen LogP contribution in [0.1, 0.15) is 59.1 Å². The van der Waals surface area contributed by atoms with Crippen molar-refractivity contribution in [1.82, 2.24) is 10.2 Å². The second-order valence-corrected chi connectivity index (χ2v) is 16.5. The highest BCUT2D eigenvalue weighted by Crippen LogP contribution is 2.51. The summed E-state index contributed by atoms with van der Waals surface area (Å²) in [5.41, 5.74) is 0.850. The SMILES string of the molecule is CNc1cc(OC)c(CNCC(O)c2cc(O)cc3c2OCC(=O)N3)cc1Cl.O=CCCN1CCC2(CC1)CC(OC(=O)C(O)(c1cccs1)c1cccs1)C2. The number of benzene rings is 2. The summed E-state index contributed by atoms with van der Waals surface area (Å²) < 4.78 is 16.6. The lowest BCUT2D eigenvalue weighted by atomic mass is 9.61. The van der Waals surface area contributed by atoms with E-state index in [0.29, 0.717) is 50.5 Å². The van der Waals surface area contributed by atoms with Crippen molar-refractivity contribution in [3.05, 3.63) is 85.2 Å². The smallest absolute Gasteiger partial charge is 0.349 e. The molecule has 2 aromatic heterocycles. The molecule has 1 unspecified atom stereocenters. The predicted molar refractivity (Wildman–Crippen MR) is 216 cm³/mol. The molecular weight excluding hydrogens is 780 g/mol. The molecule has 1 aliphatic carbocycles. The number of carbonyl (C=O) groups is 3. The van der Waals surface area contributed by atoms with E-state index in [4.69, 9.17) is 25.8 Å². The van der Waals surface area contributed by atoms with Crippen LogP contribution in [0.2, 0.25) is 5.02 Å². The highest BCUT2D eigenvalue weighted by molar-refractivity contribution is 7.12. The Balaban J connectivity index is 0.000000190. The second kappa shape index (κ2) is 18.4. The first-order valence-electron chi connectivity index (χ1n) is 18.4. The number of halogens is 1. The summed E-state index contributed by atoms with van der Waals surface area (Å²) in [4.78, 5) is 38.5. The van der Waals surface area contributed by atoms with Crippen LogP contribution in [0.4, 0.5) is 11.4 Å². The minimum Gasteiger partial charge on any atom is -0.508 e. The van der Waals surface area contributed by atoms with Gasteiger partial charge >= 0.3 is 5.97 Å². The van der Waals surface area contributed by atoms with Crippen molar-refractivity contribution in [2.24, 2.45) is 5.41 Å². The first kappa shape index (κ1) is 41.4. The van der Waals surface area contributed by atoms with Crippen LogP contribution in [-0.4, -0.2) is 91.4 Å². The van der Waals surface area contributed by atoms with E-state index in [9.17, 15) is 29.7 Å². The summed E-state index contributed by atoms with van der Waals surface area (Å²) in [5.74, 6) is 0.0586. The molecule has 6 N–H and O–H groups in total. The number of aliphatic hydroxyl groups excluding tert-OH is 1. The molecule has 0 bridgehead atoms. The Hall–Kier alpha value is -4.22. The van der Waals surface area contributed by atoms with Crippen molar-refractivity contribution in [2.75, 3.05) is 57.6 Å². The summed E-state index contributed by atoms with van der Waals surface area (Å²) in [5, 5.41) is 44.8. The van der Waals surface area contributed by atoms with Gasteiger partial charge in [-0.15, -0.1) is 22.7 Å². The molecule has 300 valence electrons. The number of likely N-dealkylation sites (tertiary alicyclic amines) is 1. The van der Waals surface area contributed by atoms with Gasteiger partial charge in [-0.3, -0.25) is 4.79 Å². The number of hydrogen-bond donors (Lipinski definition) is 6. The summed E-state index contributed by atoms with van der Waals surface area (Å²) >= 11 is 8.96. The normalized spacial score (nSPS) is 17.0. The standard InChI is InChI=1S/C21H25NO4S2.C19H22ClN3O5/c23-11-3-8-22-9-6-20(7-10-22)14-16(15-20)26-19(24)21(25,17-4-1-12-27-17)18-5-2-13-28-18;1-21-14-6-17(27-2)10(3-13(14)20)7-22-8-16(25)12-4-11(24)5-15-19(12)28-9-18(26)23-15/h1-2,4-5,11-13,16,25H,3,6-10,14-15H2;3-6,16,21-22,24-25H,7-9H2,1-2H3,(H,23,26). The maximum absolute atomic E-state index is 13.0. The van der Waals surface area contributed by atoms with Crippen LogP contribution >= 0.6 is 34.3 Å². The number of aromatic hydroxyl groups is 1. The molecule has 4 heterocycles. The molecule has 13 nitrogen and oxygen atoms in total. The van der Waals surface area contributed by atoms with Crippen molar-refractivity contribution in [3.63, 3.8) is 0 Å². The van der Waals surface area contributed by atoms with Gasteiger partial charge in [0.2, 0.25) is 5.60 Å². The number of anilines is 2. The fourth-order valence-corrected chi connectivity index (χ4v) is 9.44. The van der Waals surface area contributed by atoms with Gasteiger partial charge in [-0.1, -0.05) is 23.7 Å². The minimum absolute atomic E-state index is 0.0743. The molecule has 16 heteroatoms. The molecule has 56 heavy (non-hydrogen) atoms. The topological polar surface area (TPSA) is 179 Å². The summed E-state index contributed by atoms with van der Waals surface area (Å²) in [6, 6.07) is 13.6. The third kappa shape index (κ3) is 9.31. The van der Waals surface area contributed by atoms with Crippen molar-refractivity contribution < 1.29 is 43.9 Å². The number of esters is 1. The Morgan fingerprint density at radius 3 is 2.46 bits per heavy atom. The Labute approximate surface area is 338 Å². The van der Waals surface area contributed by atoms with Gasteiger partial charge in [0.1, 0.15) is 29.6 Å². The molecule has 1 amide bonds. The molecule has 2 aliphatic heterocycles. The van der Waals surface area contributed by atoms with Crippen LogP contribution in [0.25, 0.3) is 0 Å². The van der Waals surface area contributed by atoms with Gasteiger partial charge in [0.05, 0.1) is 39.4 Å². The van der Waals surface area contributed by atoms with E-state index in [1.54, 1.807) is 38.4 Å². The number of hydrogen-bond acceptors (Lipinski definition) is 14. The molecular formula is C40H47ClN4O9S2. The number of ether oxygens (including phenoxy) is 3. The van der Waals surface area contributed by atoms with Crippen molar-refractivity contribution >= 4 is 63.8 Å². The predicted octanol–water partition coefficient (Wildman–Crippen LogP) is 5.67. The van der Waals surface area contributed by atoms with Gasteiger partial charge in [-0.2, -0.15) is 0 Å². The van der Waals surface area contributed by atoms with Crippen molar-refractivity contribution in [2.45, 2.75) is 56.5 Å². The van der Waals surface area contributed by atoms with Gasteiger partial charge < -0.3 is 55.2 Å². The van der Waals surface area contributed by atoms with Crippen LogP contribution in [0, 0.1) is 5.41 Å². The first-order chi connectivity index (χ1) is 27.0. The number of methoxy groups -OCH3 is 1. The van der Waals surface area contributed by atoms with E-state index < -0.39 is 17.7 Å². The lowest BCUT2D eigenvalue weighted by molar-refractivity contribution is -0.181. The minimum atomic E-state index is -1.72. The highest BCUT2D eigenvalue weighted by Gasteiger charge is 2.51. The number of aliphatic hydroxyl groups is 2. The molecule has 3 aliphatic rings. The zero-order valence-corrected chi connectivity index (χ0v) is 33.6. The molecule has 7 rings (SSSR count). The van der Waals surface area contributed by atoms with Gasteiger partial charge in [0.25, 0.3) is 5.91 Å². The van der Waals surface area contributed by atoms with E-state index in [1.807, 2.05) is 22.9 Å². The van der Waals surface area contributed by atoms with Crippen molar-refractivity contribution in [1.29, 1.82) is 0 Å². The quantitative estimate of drug-likeness (QED) is 0.0679. The fraction of sp³-hybridized carbons (Fsp3) is 0.425. The van der Waals surface area contributed by atoms with Crippen molar-refractivity contribution in [3.8, 4) is 17.2 Å². The van der Waals surface area contributed by atoms with Gasteiger partial charge in [-0.25, -0.2) is 4.79 Å². The monoisotopic (exact) mass is 826 g/mol. The first-order valence-corrected chi connectivity index (χ1v) is 20.5. The number of rotatable bonds is 14. The lowest BCUT2D eigenvalue weighted by Gasteiger charge is -2.51. The molecule has 2 fully saturated rings. The molecule has 2 aromatic carbocycles. The van der Waals surface area contributed by atoms with Gasteiger partial charge in [0.15, 0.2) is 6.61 Å². The summed E-state index contributed by atoms with van der Waals surface area (Å²) in [7, 11) is 3.35. The number of phenolic OH excluding ortho intramolecular Hbond substituents is 1. The zero-order chi connectivity index (χ0) is 39.9. The number of fused-ring (bicyclic) bond motifs is 1. The number of nitrogens with zero attached hydrogens (tertiary/aromatic N) is 1. The van der Waals surface area contributed by atoms with Crippen LogP contribution < -0.4 is 25.4 Å². The van der Waals surface area contributed by atoms with Crippen LogP contribution in [-0.2, 0) is 31.3 Å². The number of amides is 1. The van der Waals surface area contributed by atoms with E-state index >= 15 is 0 Å². The van der Waals surface area contributed by atoms with Gasteiger partial charge in [0, 0.05) is 56.4 Å². The molecule has 1 spiro atoms.